The smallest absolute Gasteiger partial charge is 0.226 e. The summed E-state index contributed by atoms with van der Waals surface area (Å²) >= 11 is 1.36. The summed E-state index contributed by atoms with van der Waals surface area (Å²) in [5, 5.41) is 23.5. The first-order chi connectivity index (χ1) is 17.7. The van der Waals surface area contributed by atoms with E-state index in [4.69, 9.17) is 18.9 Å². The van der Waals surface area contributed by atoms with Gasteiger partial charge in [0.05, 0.1) is 37.4 Å². The molecule has 1 heterocycles. The molecule has 3 N–H and O–H groups in total. The van der Waals surface area contributed by atoms with Gasteiger partial charge in [0, 0.05) is 18.9 Å². The minimum atomic E-state index is -1.04. The Balaban J connectivity index is 1.90. The summed E-state index contributed by atoms with van der Waals surface area (Å²) in [6.07, 6.45) is -0.308. The molecule has 0 spiro atoms. The maximum atomic E-state index is 12.9. The van der Waals surface area contributed by atoms with E-state index in [1.165, 1.54) is 32.9 Å². The van der Waals surface area contributed by atoms with Gasteiger partial charge in [-0.05, 0) is 60.9 Å². The highest BCUT2D eigenvalue weighted by atomic mass is 32.2. The number of aryl methyl sites for hydroxylation is 1. The van der Waals surface area contributed by atoms with E-state index in [0.29, 0.717) is 40.5 Å². The third kappa shape index (κ3) is 5.43. The van der Waals surface area contributed by atoms with Gasteiger partial charge in [0.15, 0.2) is 16.9 Å². The van der Waals surface area contributed by atoms with E-state index >= 15 is 0 Å². The Morgan fingerprint density at radius 3 is 2.51 bits per heavy atom. The van der Waals surface area contributed by atoms with Crippen LogP contribution in [0.25, 0.3) is 11.1 Å². The first-order valence-electron chi connectivity index (χ1n) is 12.1. The van der Waals surface area contributed by atoms with Crippen molar-refractivity contribution in [2.75, 3.05) is 20.5 Å². The number of aliphatic hydroxyl groups is 2. The van der Waals surface area contributed by atoms with Gasteiger partial charge in [-0.25, -0.2) is 0 Å². The van der Waals surface area contributed by atoms with Crippen molar-refractivity contribution in [1.82, 2.24) is 5.32 Å². The van der Waals surface area contributed by atoms with E-state index in [1.54, 1.807) is 19.1 Å². The molecule has 9 nitrogen and oxygen atoms in total. The van der Waals surface area contributed by atoms with Gasteiger partial charge in [0.1, 0.15) is 6.10 Å². The molecule has 5 unspecified atom stereocenters. The van der Waals surface area contributed by atoms with E-state index < -0.39 is 24.6 Å². The van der Waals surface area contributed by atoms with Crippen molar-refractivity contribution in [3.8, 4) is 28.4 Å². The Kier molecular flexibility index (Phi) is 8.33. The van der Waals surface area contributed by atoms with Gasteiger partial charge in [-0.15, -0.1) is 11.8 Å². The zero-order valence-corrected chi connectivity index (χ0v) is 22.4. The van der Waals surface area contributed by atoms with Crippen LogP contribution in [-0.2, 0) is 16.0 Å². The second-order valence-electron chi connectivity index (χ2n) is 9.24. The molecule has 1 aliphatic carbocycles. The van der Waals surface area contributed by atoms with Crippen LogP contribution in [0.5, 0.6) is 17.2 Å². The van der Waals surface area contributed by atoms with Crippen LogP contribution in [0.3, 0.4) is 0 Å². The minimum Gasteiger partial charge on any atom is -0.492 e. The number of carbonyl (C=O) groups is 1. The van der Waals surface area contributed by atoms with E-state index in [2.05, 4.69) is 5.32 Å². The largest absolute Gasteiger partial charge is 0.492 e. The van der Waals surface area contributed by atoms with Crippen molar-refractivity contribution in [3.63, 3.8) is 0 Å². The molecule has 0 radical (unpaired) electrons. The normalized spacial score (nSPS) is 24.8. The standard InChI is InChI=1S/C27H33NO8S/c1-13-19(30)12-21(32)27(35-13)36-22-10-15-6-8-18(28-14(2)29)17-11-20(31)23(37-5)9-7-16(17)24(15)26(34-4)25(22)33-3/h7,9-11,13,18-19,21,27,30,32H,6,8,12H2,1-5H3,(H,28,29). The highest BCUT2D eigenvalue weighted by Crippen LogP contribution is 2.50. The second-order valence-corrected chi connectivity index (χ2v) is 10.1. The quantitative estimate of drug-likeness (QED) is 0.483. The summed E-state index contributed by atoms with van der Waals surface area (Å²) in [5.74, 6) is 0.834. The molecule has 1 aliphatic heterocycles. The number of carbonyl (C=O) groups excluding carboxylic acids is 1. The predicted octanol–water partition coefficient (Wildman–Crippen LogP) is 2.81. The number of thioether (sulfide) groups is 1. The zero-order valence-electron chi connectivity index (χ0n) is 21.6. The van der Waals surface area contributed by atoms with Gasteiger partial charge in [0.25, 0.3) is 0 Å². The number of ether oxygens (including phenoxy) is 4. The molecule has 200 valence electrons. The lowest BCUT2D eigenvalue weighted by Crippen LogP contribution is -2.48. The molecule has 10 heteroatoms. The molecule has 0 aromatic heterocycles. The highest BCUT2D eigenvalue weighted by molar-refractivity contribution is 7.98. The number of hydrogen-bond acceptors (Lipinski definition) is 9. The second kappa shape index (κ2) is 11.3. The molecular formula is C27H33NO8S. The summed E-state index contributed by atoms with van der Waals surface area (Å²) in [6, 6.07) is 6.68. The van der Waals surface area contributed by atoms with Crippen LogP contribution in [-0.4, -0.2) is 61.2 Å². The monoisotopic (exact) mass is 531 g/mol. The van der Waals surface area contributed by atoms with Gasteiger partial charge in [0.2, 0.25) is 17.9 Å². The van der Waals surface area contributed by atoms with E-state index in [-0.39, 0.29) is 23.8 Å². The Bertz CT molecular complexity index is 1240. The third-order valence-corrected chi connectivity index (χ3v) is 7.59. The van der Waals surface area contributed by atoms with Gasteiger partial charge >= 0.3 is 0 Å². The van der Waals surface area contributed by atoms with Crippen LogP contribution in [0.15, 0.2) is 34.0 Å². The van der Waals surface area contributed by atoms with Gasteiger partial charge in [-0.3, -0.25) is 9.59 Å². The molecular weight excluding hydrogens is 498 g/mol. The lowest BCUT2D eigenvalue weighted by molar-refractivity contribution is -0.229. The van der Waals surface area contributed by atoms with Crippen LogP contribution < -0.4 is 25.0 Å². The number of fused-ring (bicyclic) bond motifs is 3. The Hall–Kier alpha value is -2.79. The number of amides is 1. The van der Waals surface area contributed by atoms with Crippen molar-refractivity contribution in [2.24, 2.45) is 0 Å². The lowest BCUT2D eigenvalue weighted by Gasteiger charge is -2.35. The van der Waals surface area contributed by atoms with Gasteiger partial charge < -0.3 is 34.5 Å². The van der Waals surface area contributed by atoms with Crippen molar-refractivity contribution >= 4 is 17.7 Å². The fourth-order valence-electron chi connectivity index (χ4n) is 4.97. The fourth-order valence-corrected chi connectivity index (χ4v) is 5.44. The van der Waals surface area contributed by atoms with Crippen LogP contribution in [0.4, 0.5) is 0 Å². The number of aliphatic hydroxyl groups excluding tert-OH is 2. The van der Waals surface area contributed by atoms with Crippen LogP contribution in [0.1, 0.15) is 43.9 Å². The lowest BCUT2D eigenvalue weighted by atomic mass is 9.95. The van der Waals surface area contributed by atoms with Crippen molar-refractivity contribution < 1.29 is 34.0 Å². The maximum Gasteiger partial charge on any atom is 0.226 e. The molecule has 37 heavy (non-hydrogen) atoms. The fraction of sp³-hybridized carbons (Fsp3) is 0.481. The average molecular weight is 532 g/mol. The Morgan fingerprint density at radius 2 is 1.86 bits per heavy atom. The van der Waals surface area contributed by atoms with Crippen LogP contribution in [0, 0.1) is 0 Å². The molecule has 0 bridgehead atoms. The Morgan fingerprint density at radius 1 is 1.14 bits per heavy atom. The molecule has 2 aromatic rings. The number of hydrogen-bond donors (Lipinski definition) is 3. The summed E-state index contributed by atoms with van der Waals surface area (Å²) in [4.78, 5) is 25.6. The molecule has 1 fully saturated rings. The predicted molar refractivity (Wildman–Crippen MR) is 140 cm³/mol. The average Bonchev–Trinajstić information content (AvgIpc) is 3.10. The third-order valence-electron chi connectivity index (χ3n) is 6.81. The van der Waals surface area contributed by atoms with Crippen molar-refractivity contribution in [2.45, 2.75) is 68.6 Å². The maximum absolute atomic E-state index is 12.9. The molecule has 0 saturated carbocycles. The van der Waals surface area contributed by atoms with Crippen LogP contribution in [0.2, 0.25) is 0 Å². The SMILES string of the molecule is COc1c(OC2OC(C)C(O)CC2O)cc2c(c1OC)-c1ccc(SC)c(=O)cc1C(NC(C)=O)CC2. The first-order valence-corrected chi connectivity index (χ1v) is 13.4. The molecule has 2 aromatic carbocycles. The number of benzene rings is 1. The topological polar surface area (TPSA) is 124 Å². The first kappa shape index (κ1) is 27.3. The van der Waals surface area contributed by atoms with Gasteiger partial charge in [-0.1, -0.05) is 6.07 Å². The van der Waals surface area contributed by atoms with E-state index in [9.17, 15) is 19.8 Å². The highest BCUT2D eigenvalue weighted by Gasteiger charge is 2.37. The summed E-state index contributed by atoms with van der Waals surface area (Å²) in [5.41, 5.74) is 2.92. The summed E-state index contributed by atoms with van der Waals surface area (Å²) in [7, 11) is 3.02. The molecule has 1 saturated heterocycles. The molecule has 5 atom stereocenters. The van der Waals surface area contributed by atoms with Crippen molar-refractivity contribution in [3.05, 3.63) is 45.6 Å². The summed E-state index contributed by atoms with van der Waals surface area (Å²) in [6.45, 7) is 3.17. The van der Waals surface area contributed by atoms with Gasteiger partial charge in [-0.2, -0.15) is 0 Å². The van der Waals surface area contributed by atoms with Crippen LogP contribution >= 0.6 is 11.8 Å². The number of nitrogens with one attached hydrogen (secondary N) is 1. The zero-order chi connectivity index (χ0) is 26.9. The van der Waals surface area contributed by atoms with E-state index in [0.717, 1.165) is 16.7 Å². The van der Waals surface area contributed by atoms with E-state index in [1.807, 2.05) is 18.4 Å². The molecule has 1 amide bonds. The molecule has 2 aliphatic rings. The summed E-state index contributed by atoms with van der Waals surface area (Å²) < 4.78 is 23.4. The minimum absolute atomic E-state index is 0.119. The molecule has 4 rings (SSSR count). The number of rotatable bonds is 6. The van der Waals surface area contributed by atoms with Crippen molar-refractivity contribution in [1.29, 1.82) is 0 Å². The number of methoxy groups -OCH3 is 2. The Labute approximate surface area is 220 Å².